The van der Waals surface area contributed by atoms with Gasteiger partial charge in [0.25, 0.3) is 0 Å². The number of benzene rings is 1. The second-order valence-corrected chi connectivity index (χ2v) is 5.48. The van der Waals surface area contributed by atoms with Crippen LogP contribution in [0.1, 0.15) is 19.7 Å². The maximum Gasteiger partial charge on any atom is 0.191 e. The molecule has 0 saturated carbocycles. The van der Waals surface area contributed by atoms with Gasteiger partial charge in [0.05, 0.1) is 13.7 Å². The second-order valence-electron chi connectivity index (χ2n) is 5.48. The Morgan fingerprint density at radius 3 is 2.73 bits per heavy atom. The first-order valence-corrected chi connectivity index (χ1v) is 8.28. The van der Waals surface area contributed by atoms with Gasteiger partial charge in [-0.15, -0.1) is 24.0 Å². The predicted octanol–water partition coefficient (Wildman–Crippen LogP) is 1.96. The van der Waals surface area contributed by atoms with Crippen molar-refractivity contribution in [2.24, 2.45) is 12.0 Å². The largest absolute Gasteiger partial charge is 0.497 e. The maximum absolute atomic E-state index is 5.90. The summed E-state index contributed by atoms with van der Waals surface area (Å²) in [6, 6.07) is 7.56. The van der Waals surface area contributed by atoms with E-state index in [9.17, 15) is 0 Å². The molecule has 0 radical (unpaired) electrons. The van der Waals surface area contributed by atoms with Crippen molar-refractivity contribution in [3.8, 4) is 11.5 Å². The number of hydrogen-bond acceptors (Lipinski definition) is 5. The molecule has 0 bridgehead atoms. The number of nitrogens with one attached hydrogen (secondary N) is 2. The summed E-state index contributed by atoms with van der Waals surface area (Å²) < 4.78 is 12.8. The van der Waals surface area contributed by atoms with Crippen LogP contribution in [0.25, 0.3) is 0 Å². The fourth-order valence-electron chi connectivity index (χ4n) is 2.14. The number of rotatable bonds is 8. The van der Waals surface area contributed by atoms with E-state index in [1.165, 1.54) is 6.33 Å². The molecular weight excluding hydrogens is 447 g/mol. The SMILES string of the molecule is CCNC(=NCc1ncnn1C)NCC(C)Oc1cccc(OC)c1.I. The van der Waals surface area contributed by atoms with E-state index in [4.69, 9.17) is 9.47 Å². The molecule has 0 spiro atoms. The Bertz CT molecular complexity index is 691. The Morgan fingerprint density at radius 1 is 1.31 bits per heavy atom. The monoisotopic (exact) mass is 474 g/mol. The lowest BCUT2D eigenvalue weighted by atomic mass is 10.3. The molecule has 2 N–H and O–H groups in total. The van der Waals surface area contributed by atoms with Gasteiger partial charge in [-0.1, -0.05) is 6.07 Å². The molecule has 0 saturated heterocycles. The van der Waals surface area contributed by atoms with Crippen molar-refractivity contribution in [3.63, 3.8) is 0 Å². The predicted molar refractivity (Wildman–Crippen MR) is 112 cm³/mol. The van der Waals surface area contributed by atoms with Crippen molar-refractivity contribution >= 4 is 29.9 Å². The molecule has 2 rings (SSSR count). The molecule has 1 heterocycles. The zero-order valence-electron chi connectivity index (χ0n) is 15.6. The summed E-state index contributed by atoms with van der Waals surface area (Å²) in [5, 5.41) is 10.5. The molecule has 1 atom stereocenters. The van der Waals surface area contributed by atoms with Crippen molar-refractivity contribution in [2.45, 2.75) is 26.5 Å². The number of aryl methyl sites for hydroxylation is 1. The Labute approximate surface area is 171 Å². The van der Waals surface area contributed by atoms with Gasteiger partial charge in [-0.25, -0.2) is 9.98 Å². The molecule has 144 valence electrons. The minimum absolute atomic E-state index is 0. The van der Waals surface area contributed by atoms with E-state index >= 15 is 0 Å². The smallest absolute Gasteiger partial charge is 0.191 e. The van der Waals surface area contributed by atoms with Crippen LogP contribution in [0.4, 0.5) is 0 Å². The number of aliphatic imine (C=N–C) groups is 1. The molecule has 8 nitrogen and oxygen atoms in total. The average Bonchev–Trinajstić information content (AvgIpc) is 3.02. The third-order valence-electron chi connectivity index (χ3n) is 3.46. The van der Waals surface area contributed by atoms with Crippen LogP contribution in [0.15, 0.2) is 35.6 Å². The van der Waals surface area contributed by atoms with Crippen LogP contribution in [0.5, 0.6) is 11.5 Å². The van der Waals surface area contributed by atoms with Gasteiger partial charge >= 0.3 is 0 Å². The van der Waals surface area contributed by atoms with Gasteiger partial charge in [-0.3, -0.25) is 4.68 Å². The summed E-state index contributed by atoms with van der Waals surface area (Å²) in [5.74, 6) is 3.07. The normalized spacial score (nSPS) is 12.1. The first-order chi connectivity index (χ1) is 12.1. The van der Waals surface area contributed by atoms with E-state index in [1.807, 2.05) is 45.2 Å². The van der Waals surface area contributed by atoms with Gasteiger partial charge in [0, 0.05) is 19.7 Å². The molecule has 9 heteroatoms. The van der Waals surface area contributed by atoms with E-state index in [2.05, 4.69) is 25.7 Å². The first kappa shape index (κ1) is 22.0. The van der Waals surface area contributed by atoms with Crippen LogP contribution in [0, 0.1) is 0 Å². The summed E-state index contributed by atoms with van der Waals surface area (Å²) >= 11 is 0. The fourth-order valence-corrected chi connectivity index (χ4v) is 2.14. The quantitative estimate of drug-likeness (QED) is 0.346. The number of methoxy groups -OCH3 is 1. The highest BCUT2D eigenvalue weighted by atomic mass is 127. The Hall–Kier alpha value is -2.04. The van der Waals surface area contributed by atoms with Crippen LogP contribution in [-0.2, 0) is 13.6 Å². The molecule has 0 amide bonds. The third-order valence-corrected chi connectivity index (χ3v) is 3.46. The fraction of sp³-hybridized carbons (Fsp3) is 0.471. The lowest BCUT2D eigenvalue weighted by Crippen LogP contribution is -2.41. The van der Waals surface area contributed by atoms with Crippen LogP contribution in [0.2, 0.25) is 0 Å². The number of nitrogens with zero attached hydrogens (tertiary/aromatic N) is 4. The van der Waals surface area contributed by atoms with Crippen LogP contribution in [-0.4, -0.2) is 47.0 Å². The molecule has 1 aromatic carbocycles. The number of guanidine groups is 1. The number of aromatic nitrogens is 3. The Kier molecular flexibility index (Phi) is 9.78. The molecular formula is C17H27IN6O2. The number of ether oxygens (including phenoxy) is 2. The van der Waals surface area contributed by atoms with E-state index in [0.717, 1.165) is 23.9 Å². The second kappa shape index (κ2) is 11.6. The van der Waals surface area contributed by atoms with Crippen LogP contribution >= 0.6 is 24.0 Å². The van der Waals surface area contributed by atoms with Gasteiger partial charge in [0.2, 0.25) is 0 Å². The van der Waals surface area contributed by atoms with E-state index < -0.39 is 0 Å². The van der Waals surface area contributed by atoms with Gasteiger partial charge in [-0.2, -0.15) is 5.10 Å². The first-order valence-electron chi connectivity index (χ1n) is 8.28. The highest BCUT2D eigenvalue weighted by Crippen LogP contribution is 2.19. The molecule has 0 aliphatic rings. The minimum atomic E-state index is -0.0363. The zero-order valence-corrected chi connectivity index (χ0v) is 17.9. The van der Waals surface area contributed by atoms with Crippen LogP contribution < -0.4 is 20.1 Å². The third kappa shape index (κ3) is 7.06. The minimum Gasteiger partial charge on any atom is -0.497 e. The molecule has 2 aromatic rings. The molecule has 0 fully saturated rings. The summed E-state index contributed by atoms with van der Waals surface area (Å²) in [7, 11) is 3.49. The van der Waals surface area contributed by atoms with E-state index in [-0.39, 0.29) is 30.1 Å². The topological polar surface area (TPSA) is 85.6 Å². The molecule has 0 aliphatic heterocycles. The number of halogens is 1. The Morgan fingerprint density at radius 2 is 2.08 bits per heavy atom. The van der Waals surface area contributed by atoms with Gasteiger partial charge < -0.3 is 20.1 Å². The average molecular weight is 474 g/mol. The molecule has 0 aliphatic carbocycles. The van der Waals surface area contributed by atoms with Crippen molar-refractivity contribution in [1.82, 2.24) is 25.4 Å². The van der Waals surface area contributed by atoms with Gasteiger partial charge in [0.15, 0.2) is 5.96 Å². The standard InChI is InChI=1S/C17H26N6O2.HI/c1-5-18-17(20-11-16-21-12-22-23(16)3)19-10-13(2)25-15-8-6-7-14(9-15)24-4;/h6-9,12-13H,5,10-11H2,1-4H3,(H2,18,19,20);1H. The van der Waals surface area contributed by atoms with E-state index in [1.54, 1.807) is 11.8 Å². The van der Waals surface area contributed by atoms with Gasteiger partial charge in [0.1, 0.15) is 36.3 Å². The molecule has 26 heavy (non-hydrogen) atoms. The maximum atomic E-state index is 5.90. The lowest BCUT2D eigenvalue weighted by molar-refractivity contribution is 0.223. The van der Waals surface area contributed by atoms with Crippen molar-refractivity contribution < 1.29 is 9.47 Å². The van der Waals surface area contributed by atoms with Crippen molar-refractivity contribution in [1.29, 1.82) is 0 Å². The van der Waals surface area contributed by atoms with Crippen LogP contribution in [0.3, 0.4) is 0 Å². The lowest BCUT2D eigenvalue weighted by Gasteiger charge is -2.18. The summed E-state index contributed by atoms with van der Waals surface area (Å²) in [6.45, 7) is 5.86. The molecule has 1 aromatic heterocycles. The van der Waals surface area contributed by atoms with Gasteiger partial charge in [-0.05, 0) is 26.0 Å². The van der Waals surface area contributed by atoms with Crippen molar-refractivity contribution in [2.75, 3.05) is 20.2 Å². The zero-order chi connectivity index (χ0) is 18.1. The molecule has 1 unspecified atom stereocenters. The van der Waals surface area contributed by atoms with E-state index in [0.29, 0.717) is 19.0 Å². The summed E-state index contributed by atoms with van der Waals surface area (Å²) in [6.07, 6.45) is 1.49. The summed E-state index contributed by atoms with van der Waals surface area (Å²) in [5.41, 5.74) is 0. The highest BCUT2D eigenvalue weighted by Gasteiger charge is 2.07. The van der Waals surface area contributed by atoms with Crippen molar-refractivity contribution in [3.05, 3.63) is 36.4 Å². The highest BCUT2D eigenvalue weighted by molar-refractivity contribution is 14.0. The summed E-state index contributed by atoms with van der Waals surface area (Å²) in [4.78, 5) is 8.69. The number of hydrogen-bond donors (Lipinski definition) is 2. The Balaban J connectivity index is 0.00000338.